The van der Waals surface area contributed by atoms with E-state index in [1.54, 1.807) is 4.90 Å². The fourth-order valence-corrected chi connectivity index (χ4v) is 3.78. The van der Waals surface area contributed by atoms with Crippen molar-refractivity contribution < 1.29 is 9.59 Å². The third-order valence-electron chi connectivity index (χ3n) is 5.07. The molecule has 5 heteroatoms. The molecule has 3 N–H and O–H groups in total. The first-order valence-electron chi connectivity index (χ1n) is 9.09. The molecular weight excluding hydrogens is 302 g/mol. The van der Waals surface area contributed by atoms with Gasteiger partial charge in [0, 0.05) is 18.7 Å². The molecular formula is C19H27N3O2. The molecule has 1 aliphatic carbocycles. The van der Waals surface area contributed by atoms with E-state index >= 15 is 0 Å². The van der Waals surface area contributed by atoms with E-state index in [2.05, 4.69) is 5.32 Å². The lowest BCUT2D eigenvalue weighted by Crippen LogP contribution is -2.43. The standard InChI is InChI=1S/C19H27N3O2/c20-15-9-10-16-14(12-15)6-5-7-17(16)21-18(23)13-22-11-4-2-1-3-8-19(22)24/h9-10,12,17H,1-8,11,13,20H2,(H,21,23)/t17-/m1/s1. The Kier molecular flexibility index (Phi) is 5.38. The van der Waals surface area contributed by atoms with E-state index in [0.717, 1.165) is 50.6 Å². The number of hydrogen-bond acceptors (Lipinski definition) is 3. The number of rotatable bonds is 3. The molecule has 24 heavy (non-hydrogen) atoms. The predicted molar refractivity (Wildman–Crippen MR) is 94.3 cm³/mol. The molecule has 0 bridgehead atoms. The number of nitrogens with zero attached hydrogens (tertiary/aromatic N) is 1. The number of aryl methyl sites for hydroxylation is 1. The molecule has 0 saturated carbocycles. The van der Waals surface area contributed by atoms with Crippen LogP contribution in [0.2, 0.25) is 0 Å². The average Bonchev–Trinajstić information content (AvgIpc) is 2.54. The molecule has 3 rings (SSSR count). The zero-order chi connectivity index (χ0) is 16.9. The summed E-state index contributed by atoms with van der Waals surface area (Å²) in [6, 6.07) is 5.96. The van der Waals surface area contributed by atoms with Crippen molar-refractivity contribution in [2.45, 2.75) is 57.4 Å². The van der Waals surface area contributed by atoms with Gasteiger partial charge in [0.25, 0.3) is 0 Å². The van der Waals surface area contributed by atoms with Gasteiger partial charge in [0.15, 0.2) is 0 Å². The molecule has 0 radical (unpaired) electrons. The summed E-state index contributed by atoms with van der Waals surface area (Å²) >= 11 is 0. The number of amides is 2. The maximum atomic E-state index is 12.5. The summed E-state index contributed by atoms with van der Waals surface area (Å²) in [5.74, 6) is 0.0558. The van der Waals surface area contributed by atoms with Gasteiger partial charge < -0.3 is 16.0 Å². The van der Waals surface area contributed by atoms with Gasteiger partial charge in [-0.05, 0) is 55.4 Å². The van der Waals surface area contributed by atoms with Crippen LogP contribution in [0.15, 0.2) is 18.2 Å². The molecule has 1 aromatic rings. The molecule has 0 aromatic heterocycles. The van der Waals surface area contributed by atoms with Gasteiger partial charge in [0.1, 0.15) is 0 Å². The third kappa shape index (κ3) is 4.08. The minimum absolute atomic E-state index is 0.0340. The first kappa shape index (κ1) is 16.8. The highest BCUT2D eigenvalue weighted by molar-refractivity contribution is 5.85. The summed E-state index contributed by atoms with van der Waals surface area (Å²) in [7, 11) is 0. The van der Waals surface area contributed by atoms with Crippen LogP contribution in [0, 0.1) is 0 Å². The highest BCUT2D eigenvalue weighted by Gasteiger charge is 2.24. The Balaban J connectivity index is 1.62. The monoisotopic (exact) mass is 329 g/mol. The predicted octanol–water partition coefficient (Wildman–Crippen LogP) is 2.56. The van der Waals surface area contributed by atoms with Gasteiger partial charge in [0.2, 0.25) is 11.8 Å². The van der Waals surface area contributed by atoms with Gasteiger partial charge in [-0.1, -0.05) is 18.9 Å². The first-order valence-corrected chi connectivity index (χ1v) is 9.09. The van der Waals surface area contributed by atoms with E-state index in [1.807, 2.05) is 18.2 Å². The second-order valence-corrected chi connectivity index (χ2v) is 6.95. The maximum Gasteiger partial charge on any atom is 0.240 e. The number of fused-ring (bicyclic) bond motifs is 1. The summed E-state index contributed by atoms with van der Waals surface area (Å²) in [6.07, 6.45) is 7.76. The highest BCUT2D eigenvalue weighted by Crippen LogP contribution is 2.30. The number of carbonyl (C=O) groups excluding carboxylic acids is 2. The highest BCUT2D eigenvalue weighted by atomic mass is 16.2. The molecule has 1 saturated heterocycles. The lowest BCUT2D eigenvalue weighted by molar-refractivity contribution is -0.136. The average molecular weight is 329 g/mol. The molecule has 1 heterocycles. The zero-order valence-corrected chi connectivity index (χ0v) is 14.2. The smallest absolute Gasteiger partial charge is 0.240 e. The lowest BCUT2D eigenvalue weighted by atomic mass is 9.87. The lowest BCUT2D eigenvalue weighted by Gasteiger charge is -2.29. The molecule has 0 unspecified atom stereocenters. The first-order chi connectivity index (χ1) is 11.6. The number of likely N-dealkylation sites (tertiary alicyclic amines) is 1. The molecule has 1 atom stereocenters. The number of anilines is 1. The summed E-state index contributed by atoms with van der Waals surface area (Å²) < 4.78 is 0. The van der Waals surface area contributed by atoms with Gasteiger partial charge in [-0.25, -0.2) is 0 Å². The number of nitrogen functional groups attached to an aromatic ring is 1. The molecule has 130 valence electrons. The van der Waals surface area contributed by atoms with Crippen molar-refractivity contribution in [3.8, 4) is 0 Å². The Morgan fingerprint density at radius 2 is 2.00 bits per heavy atom. The van der Waals surface area contributed by atoms with Crippen LogP contribution in [0.5, 0.6) is 0 Å². The van der Waals surface area contributed by atoms with E-state index in [0.29, 0.717) is 13.0 Å². The molecule has 2 amide bonds. The van der Waals surface area contributed by atoms with Gasteiger partial charge in [-0.3, -0.25) is 9.59 Å². The van der Waals surface area contributed by atoms with Crippen molar-refractivity contribution >= 4 is 17.5 Å². The quantitative estimate of drug-likeness (QED) is 0.837. The molecule has 1 aliphatic heterocycles. The summed E-state index contributed by atoms with van der Waals surface area (Å²) in [5.41, 5.74) is 9.03. The Morgan fingerprint density at radius 3 is 2.88 bits per heavy atom. The zero-order valence-electron chi connectivity index (χ0n) is 14.2. The van der Waals surface area contributed by atoms with Gasteiger partial charge in [-0.15, -0.1) is 0 Å². The van der Waals surface area contributed by atoms with Crippen LogP contribution in [0.3, 0.4) is 0 Å². The van der Waals surface area contributed by atoms with Crippen molar-refractivity contribution in [2.75, 3.05) is 18.8 Å². The van der Waals surface area contributed by atoms with E-state index in [9.17, 15) is 9.59 Å². The topological polar surface area (TPSA) is 75.4 Å². The van der Waals surface area contributed by atoms with E-state index < -0.39 is 0 Å². The number of carbonyl (C=O) groups is 2. The van der Waals surface area contributed by atoms with Crippen LogP contribution >= 0.6 is 0 Å². The van der Waals surface area contributed by atoms with Crippen LogP contribution < -0.4 is 11.1 Å². The molecule has 1 aromatic carbocycles. The number of nitrogens with two attached hydrogens (primary N) is 1. The second kappa shape index (κ2) is 7.69. The number of hydrogen-bond donors (Lipinski definition) is 2. The summed E-state index contributed by atoms with van der Waals surface area (Å²) in [5, 5.41) is 3.12. The maximum absolute atomic E-state index is 12.5. The molecule has 1 fully saturated rings. The van der Waals surface area contributed by atoms with Crippen LogP contribution in [-0.4, -0.2) is 29.8 Å². The Labute approximate surface area is 143 Å². The largest absolute Gasteiger partial charge is 0.399 e. The normalized spacial score (nSPS) is 21.6. The summed E-state index contributed by atoms with van der Waals surface area (Å²) in [4.78, 5) is 26.4. The van der Waals surface area contributed by atoms with Crippen molar-refractivity contribution in [1.29, 1.82) is 0 Å². The Bertz CT molecular complexity index is 615. The van der Waals surface area contributed by atoms with Gasteiger partial charge in [0.05, 0.1) is 12.6 Å². The Morgan fingerprint density at radius 1 is 1.17 bits per heavy atom. The minimum atomic E-state index is -0.0569. The SMILES string of the molecule is Nc1ccc2c(c1)CCC[C@H]2NC(=O)CN1CCCCCCC1=O. The summed E-state index contributed by atoms with van der Waals surface area (Å²) in [6.45, 7) is 0.879. The minimum Gasteiger partial charge on any atom is -0.399 e. The van der Waals surface area contributed by atoms with Gasteiger partial charge >= 0.3 is 0 Å². The van der Waals surface area contributed by atoms with E-state index in [4.69, 9.17) is 5.73 Å². The second-order valence-electron chi connectivity index (χ2n) is 6.95. The van der Waals surface area contributed by atoms with Crippen LogP contribution in [-0.2, 0) is 16.0 Å². The van der Waals surface area contributed by atoms with Crippen molar-refractivity contribution in [1.82, 2.24) is 10.2 Å². The molecule has 5 nitrogen and oxygen atoms in total. The molecule has 2 aliphatic rings. The third-order valence-corrected chi connectivity index (χ3v) is 5.07. The van der Waals surface area contributed by atoms with E-state index in [-0.39, 0.29) is 24.4 Å². The Hall–Kier alpha value is -2.04. The van der Waals surface area contributed by atoms with Crippen molar-refractivity contribution in [3.05, 3.63) is 29.3 Å². The number of benzene rings is 1. The van der Waals surface area contributed by atoms with Crippen molar-refractivity contribution in [2.24, 2.45) is 0 Å². The van der Waals surface area contributed by atoms with Crippen LogP contribution in [0.4, 0.5) is 5.69 Å². The molecule has 0 spiro atoms. The van der Waals surface area contributed by atoms with Gasteiger partial charge in [-0.2, -0.15) is 0 Å². The fourth-order valence-electron chi connectivity index (χ4n) is 3.78. The van der Waals surface area contributed by atoms with Crippen molar-refractivity contribution in [3.63, 3.8) is 0 Å². The fraction of sp³-hybridized carbons (Fsp3) is 0.579. The van der Waals surface area contributed by atoms with Crippen LogP contribution in [0.25, 0.3) is 0 Å². The van der Waals surface area contributed by atoms with E-state index in [1.165, 1.54) is 11.1 Å². The van der Waals surface area contributed by atoms with Crippen LogP contribution in [0.1, 0.15) is 62.1 Å². The number of nitrogens with one attached hydrogen (secondary N) is 1.